The fourth-order valence-electron chi connectivity index (χ4n) is 5.41. The van der Waals surface area contributed by atoms with Crippen molar-refractivity contribution in [1.29, 1.82) is 0 Å². The van der Waals surface area contributed by atoms with Gasteiger partial charge in [0.2, 0.25) is 0 Å². The summed E-state index contributed by atoms with van der Waals surface area (Å²) in [5.74, 6) is -3.46. The molecule has 0 fully saturated rings. The summed E-state index contributed by atoms with van der Waals surface area (Å²) < 4.78 is 21.4. The van der Waals surface area contributed by atoms with Gasteiger partial charge in [-0.2, -0.15) is 0 Å². The van der Waals surface area contributed by atoms with E-state index in [1.54, 1.807) is 46.1 Å². The molecule has 0 bridgehead atoms. The SMILES string of the molecule is CCOC(=O)C1=C(C)NC2=C(C(=O)[C@H](C(=O)OCC)[C@@H](c3cccc(OC)c3)C2)[C@@H]1c1ccc(O)c(OC)c1. The van der Waals surface area contributed by atoms with Crippen molar-refractivity contribution in [2.45, 2.75) is 39.0 Å². The van der Waals surface area contributed by atoms with Gasteiger partial charge in [0.25, 0.3) is 0 Å². The van der Waals surface area contributed by atoms with Gasteiger partial charge in [0.15, 0.2) is 17.3 Å². The van der Waals surface area contributed by atoms with Crippen LogP contribution >= 0.6 is 0 Å². The second kappa shape index (κ2) is 11.6. The minimum Gasteiger partial charge on any atom is -0.504 e. The van der Waals surface area contributed by atoms with Crippen molar-refractivity contribution in [3.8, 4) is 17.2 Å². The molecule has 1 aliphatic carbocycles. The lowest BCUT2D eigenvalue weighted by Crippen LogP contribution is -2.43. The van der Waals surface area contributed by atoms with Gasteiger partial charge in [0.05, 0.1) is 33.0 Å². The number of phenolic OH excluding ortho intramolecular Hbond substituents is 1. The first-order chi connectivity index (χ1) is 18.7. The zero-order chi connectivity index (χ0) is 28.3. The topological polar surface area (TPSA) is 120 Å². The zero-order valence-electron chi connectivity index (χ0n) is 22.7. The summed E-state index contributed by atoms with van der Waals surface area (Å²) in [4.78, 5) is 40.9. The van der Waals surface area contributed by atoms with Crippen LogP contribution in [0.1, 0.15) is 50.2 Å². The molecule has 206 valence electrons. The lowest BCUT2D eigenvalue weighted by Gasteiger charge is -2.39. The minimum atomic E-state index is -1.14. The molecule has 0 saturated heterocycles. The normalized spacial score (nSPS) is 20.6. The number of methoxy groups -OCH3 is 2. The fourth-order valence-corrected chi connectivity index (χ4v) is 5.41. The van der Waals surface area contributed by atoms with Crippen molar-refractivity contribution in [2.24, 2.45) is 5.92 Å². The fraction of sp³-hybridized carbons (Fsp3) is 0.367. The molecule has 2 aromatic rings. The maximum Gasteiger partial charge on any atom is 0.336 e. The molecule has 2 N–H and O–H groups in total. The Labute approximate surface area is 227 Å². The Bertz CT molecular complexity index is 1360. The summed E-state index contributed by atoms with van der Waals surface area (Å²) in [7, 11) is 2.97. The number of rotatable bonds is 8. The molecule has 0 spiro atoms. The molecule has 0 saturated carbocycles. The smallest absolute Gasteiger partial charge is 0.336 e. The van der Waals surface area contributed by atoms with Crippen LogP contribution in [0.15, 0.2) is 65.0 Å². The Morgan fingerprint density at radius 3 is 2.41 bits per heavy atom. The van der Waals surface area contributed by atoms with Crippen LogP contribution in [0.4, 0.5) is 0 Å². The first-order valence-corrected chi connectivity index (χ1v) is 12.8. The Morgan fingerprint density at radius 2 is 1.74 bits per heavy atom. The molecule has 2 aliphatic rings. The van der Waals surface area contributed by atoms with E-state index in [4.69, 9.17) is 18.9 Å². The van der Waals surface area contributed by atoms with Crippen LogP contribution < -0.4 is 14.8 Å². The molecule has 3 atom stereocenters. The summed E-state index contributed by atoms with van der Waals surface area (Å²) in [6, 6.07) is 11.9. The van der Waals surface area contributed by atoms with E-state index < -0.39 is 35.5 Å². The predicted molar refractivity (Wildman–Crippen MR) is 142 cm³/mol. The van der Waals surface area contributed by atoms with Crippen LogP contribution in [0, 0.1) is 5.92 Å². The molecule has 4 rings (SSSR count). The van der Waals surface area contributed by atoms with Crippen LogP contribution in [0.2, 0.25) is 0 Å². The summed E-state index contributed by atoms with van der Waals surface area (Å²) in [5, 5.41) is 13.5. The quantitative estimate of drug-likeness (QED) is 0.380. The number of nitrogens with one attached hydrogen (secondary N) is 1. The molecule has 9 heteroatoms. The van der Waals surface area contributed by atoms with Crippen LogP contribution in [-0.2, 0) is 23.9 Å². The molecule has 39 heavy (non-hydrogen) atoms. The van der Waals surface area contributed by atoms with E-state index in [9.17, 15) is 19.5 Å². The Kier molecular flexibility index (Phi) is 8.28. The van der Waals surface area contributed by atoms with Crippen molar-refractivity contribution in [3.05, 3.63) is 76.1 Å². The van der Waals surface area contributed by atoms with Gasteiger partial charge in [0.1, 0.15) is 11.7 Å². The highest BCUT2D eigenvalue weighted by molar-refractivity contribution is 6.13. The number of ether oxygens (including phenoxy) is 4. The third-order valence-electron chi connectivity index (χ3n) is 7.11. The number of esters is 2. The van der Waals surface area contributed by atoms with E-state index in [0.29, 0.717) is 29.1 Å². The van der Waals surface area contributed by atoms with Gasteiger partial charge in [0, 0.05) is 28.8 Å². The molecular formula is C30H33NO8. The van der Waals surface area contributed by atoms with Crippen LogP contribution in [0.25, 0.3) is 0 Å². The Hall–Kier alpha value is -4.27. The van der Waals surface area contributed by atoms with E-state index >= 15 is 0 Å². The average molecular weight is 536 g/mol. The van der Waals surface area contributed by atoms with Gasteiger partial charge in [-0.3, -0.25) is 9.59 Å². The van der Waals surface area contributed by atoms with E-state index in [-0.39, 0.29) is 35.9 Å². The number of Topliss-reactive ketones (excluding diaryl/α,β-unsaturated/α-hetero) is 1. The van der Waals surface area contributed by atoms with Gasteiger partial charge >= 0.3 is 11.9 Å². The molecule has 0 amide bonds. The number of allylic oxidation sites excluding steroid dienone is 3. The molecule has 0 aromatic heterocycles. The van der Waals surface area contributed by atoms with Gasteiger partial charge in [-0.25, -0.2) is 4.79 Å². The number of dihydropyridines is 1. The summed E-state index contributed by atoms with van der Waals surface area (Å²) >= 11 is 0. The lowest BCUT2D eigenvalue weighted by atomic mass is 9.67. The third kappa shape index (κ3) is 5.21. The highest BCUT2D eigenvalue weighted by Gasteiger charge is 2.49. The standard InChI is InChI=1S/C30H33NO8/c1-6-38-29(34)24-16(3)31-21-15-20(17-9-8-10-19(13-17)36-4)26(30(35)39-7-2)28(33)27(21)25(24)18-11-12-22(32)23(14-18)37-5/h8-14,20,25-26,31-32H,6-7,15H2,1-5H3/t20-,25-,26-/m1/s1. The second-order valence-electron chi connectivity index (χ2n) is 9.32. The number of benzene rings is 2. The van der Waals surface area contributed by atoms with E-state index in [1.165, 1.54) is 13.2 Å². The van der Waals surface area contributed by atoms with Crippen molar-refractivity contribution < 1.29 is 38.4 Å². The zero-order valence-corrected chi connectivity index (χ0v) is 22.7. The van der Waals surface area contributed by atoms with Crippen molar-refractivity contribution in [1.82, 2.24) is 5.32 Å². The molecule has 9 nitrogen and oxygen atoms in total. The number of phenols is 1. The second-order valence-corrected chi connectivity index (χ2v) is 9.32. The number of hydrogen-bond acceptors (Lipinski definition) is 9. The van der Waals surface area contributed by atoms with Crippen LogP contribution in [-0.4, -0.2) is 50.3 Å². The monoisotopic (exact) mass is 535 g/mol. The largest absolute Gasteiger partial charge is 0.504 e. The van der Waals surface area contributed by atoms with Gasteiger partial charge < -0.3 is 29.4 Å². The first kappa shape index (κ1) is 27.8. The molecule has 0 unspecified atom stereocenters. The number of hydrogen-bond donors (Lipinski definition) is 2. The number of carbonyl (C=O) groups is 3. The van der Waals surface area contributed by atoms with Gasteiger partial charge in [-0.15, -0.1) is 0 Å². The van der Waals surface area contributed by atoms with E-state index in [0.717, 1.165) is 5.56 Å². The molecule has 0 radical (unpaired) electrons. The minimum absolute atomic E-state index is 0.0831. The Balaban J connectivity index is 1.93. The van der Waals surface area contributed by atoms with Crippen molar-refractivity contribution in [3.63, 3.8) is 0 Å². The summed E-state index contributed by atoms with van der Waals surface area (Å²) in [6.07, 6.45) is 0.316. The Morgan fingerprint density at radius 1 is 1.00 bits per heavy atom. The van der Waals surface area contributed by atoms with E-state index in [2.05, 4.69) is 5.32 Å². The first-order valence-electron chi connectivity index (χ1n) is 12.8. The average Bonchev–Trinajstić information content (AvgIpc) is 2.92. The highest BCUT2D eigenvalue weighted by atomic mass is 16.5. The van der Waals surface area contributed by atoms with Crippen LogP contribution in [0.3, 0.4) is 0 Å². The number of ketones is 1. The van der Waals surface area contributed by atoms with Crippen molar-refractivity contribution in [2.75, 3.05) is 27.4 Å². The van der Waals surface area contributed by atoms with Crippen molar-refractivity contribution >= 4 is 17.7 Å². The predicted octanol–water partition coefficient (Wildman–Crippen LogP) is 4.12. The number of carbonyl (C=O) groups excluding carboxylic acids is 3. The molecule has 1 aliphatic heterocycles. The summed E-state index contributed by atoms with van der Waals surface area (Å²) in [6.45, 7) is 5.40. The van der Waals surface area contributed by atoms with Crippen LogP contribution in [0.5, 0.6) is 17.2 Å². The third-order valence-corrected chi connectivity index (χ3v) is 7.11. The van der Waals surface area contributed by atoms with E-state index in [1.807, 2.05) is 18.2 Å². The molecule has 1 heterocycles. The lowest BCUT2D eigenvalue weighted by molar-refractivity contribution is -0.152. The number of aromatic hydroxyl groups is 1. The maximum atomic E-state index is 14.4. The van der Waals surface area contributed by atoms with Gasteiger partial charge in [-0.1, -0.05) is 18.2 Å². The summed E-state index contributed by atoms with van der Waals surface area (Å²) in [5.41, 5.74) is 2.98. The van der Waals surface area contributed by atoms with Gasteiger partial charge in [-0.05, 0) is 62.6 Å². The highest BCUT2D eigenvalue weighted by Crippen LogP contribution is 2.49. The molecule has 2 aromatic carbocycles. The molecular weight excluding hydrogens is 502 g/mol. The maximum absolute atomic E-state index is 14.4.